The second-order valence-electron chi connectivity index (χ2n) is 8.35. The third kappa shape index (κ3) is 5.45. The summed E-state index contributed by atoms with van der Waals surface area (Å²) in [6.45, 7) is 6.78. The summed E-state index contributed by atoms with van der Waals surface area (Å²) in [6, 6.07) is 7.48. The van der Waals surface area contributed by atoms with Crippen LogP contribution in [0.2, 0.25) is 0 Å². The van der Waals surface area contributed by atoms with Crippen LogP contribution in [0.4, 0.5) is 11.4 Å². The molecular weight excluding hydrogens is 422 g/mol. The van der Waals surface area contributed by atoms with E-state index in [-0.39, 0.29) is 16.4 Å². The van der Waals surface area contributed by atoms with Crippen molar-refractivity contribution in [2.75, 3.05) is 30.4 Å². The maximum atomic E-state index is 12.8. The number of sulfonamides is 1. The number of amides is 1. The number of hydrogen-bond acceptors (Lipinski definition) is 7. The predicted octanol–water partition coefficient (Wildman–Crippen LogP) is 3.00. The number of benzene rings is 1. The van der Waals surface area contributed by atoms with Crippen LogP contribution in [0, 0.1) is 0 Å². The number of hydrogen-bond donors (Lipinski definition) is 2. The molecule has 1 aromatic heterocycles. The van der Waals surface area contributed by atoms with Gasteiger partial charge in [0.15, 0.2) is 5.76 Å². The molecule has 0 bridgehead atoms. The molecule has 2 N–H and O–H groups in total. The topological polar surface area (TPSA) is 118 Å². The van der Waals surface area contributed by atoms with Crippen molar-refractivity contribution in [2.45, 2.75) is 44.2 Å². The van der Waals surface area contributed by atoms with Gasteiger partial charge in [-0.25, -0.2) is 17.9 Å². The molecule has 1 aliphatic heterocycles. The highest BCUT2D eigenvalue weighted by Crippen LogP contribution is 2.31. The summed E-state index contributed by atoms with van der Waals surface area (Å²) in [4.78, 5) is 26.9. The first-order chi connectivity index (χ1) is 14.5. The number of methoxy groups -OCH3 is 1. The Morgan fingerprint density at radius 2 is 1.77 bits per heavy atom. The van der Waals surface area contributed by atoms with Crippen LogP contribution in [0.15, 0.2) is 39.8 Å². The van der Waals surface area contributed by atoms with Crippen LogP contribution in [0.5, 0.6) is 0 Å². The lowest BCUT2D eigenvalue weighted by Crippen LogP contribution is -2.40. The van der Waals surface area contributed by atoms with Crippen LogP contribution in [0.25, 0.3) is 0 Å². The molecule has 3 rings (SSSR count). The van der Waals surface area contributed by atoms with E-state index in [2.05, 4.69) is 14.9 Å². The van der Waals surface area contributed by atoms with Crippen LogP contribution in [0.3, 0.4) is 0 Å². The SMILES string of the molecule is COC(=O)c1ccc(N2CCCC2)c(NC(=O)c2ccc(S(=O)(=O)NC(C)(C)C)o2)c1. The molecule has 0 radical (unpaired) electrons. The van der Waals surface area contributed by atoms with Crippen molar-refractivity contribution in [1.82, 2.24) is 4.72 Å². The van der Waals surface area contributed by atoms with Crippen molar-refractivity contribution in [3.05, 3.63) is 41.7 Å². The van der Waals surface area contributed by atoms with Crippen molar-refractivity contribution in [3.8, 4) is 0 Å². The summed E-state index contributed by atoms with van der Waals surface area (Å²) in [5, 5.41) is 2.39. The molecule has 9 nitrogen and oxygen atoms in total. The molecule has 0 atom stereocenters. The zero-order valence-corrected chi connectivity index (χ0v) is 18.8. The molecule has 1 fully saturated rings. The highest BCUT2D eigenvalue weighted by atomic mass is 32.2. The van der Waals surface area contributed by atoms with Crippen LogP contribution in [-0.2, 0) is 14.8 Å². The Bertz CT molecular complexity index is 1080. The fourth-order valence-corrected chi connectivity index (χ4v) is 4.69. The fraction of sp³-hybridized carbons (Fsp3) is 0.429. The van der Waals surface area contributed by atoms with Gasteiger partial charge in [-0.2, -0.15) is 0 Å². The monoisotopic (exact) mass is 449 g/mol. The molecule has 1 saturated heterocycles. The van der Waals surface area contributed by atoms with Gasteiger partial charge < -0.3 is 19.4 Å². The largest absolute Gasteiger partial charge is 0.465 e. The molecule has 0 saturated carbocycles. The van der Waals surface area contributed by atoms with Gasteiger partial charge in [0.25, 0.3) is 15.9 Å². The van der Waals surface area contributed by atoms with Crippen molar-refractivity contribution < 1.29 is 27.2 Å². The second kappa shape index (κ2) is 8.72. The quantitative estimate of drug-likeness (QED) is 0.651. The number of ether oxygens (including phenoxy) is 1. The Morgan fingerprint density at radius 3 is 2.39 bits per heavy atom. The van der Waals surface area contributed by atoms with E-state index in [0.29, 0.717) is 5.69 Å². The molecule has 10 heteroatoms. The van der Waals surface area contributed by atoms with Gasteiger partial charge in [-0.3, -0.25) is 4.79 Å². The molecule has 31 heavy (non-hydrogen) atoms. The number of carbonyl (C=O) groups excluding carboxylic acids is 2. The minimum absolute atomic E-state index is 0.162. The number of anilines is 2. The highest BCUT2D eigenvalue weighted by Gasteiger charge is 2.27. The summed E-state index contributed by atoms with van der Waals surface area (Å²) in [5.74, 6) is -1.31. The summed E-state index contributed by atoms with van der Waals surface area (Å²) < 4.78 is 37.4. The molecule has 1 aromatic carbocycles. The fourth-order valence-electron chi connectivity index (χ4n) is 3.34. The molecule has 0 aliphatic carbocycles. The standard InChI is InChI=1S/C21H27N3O6S/c1-21(2,3)23-31(27,28)18-10-9-17(30-18)19(25)22-15-13-14(20(26)29-4)7-8-16(15)24-11-5-6-12-24/h7-10,13,23H,5-6,11-12H2,1-4H3,(H,22,25). The van der Waals surface area contributed by atoms with E-state index in [1.165, 1.54) is 19.2 Å². The van der Waals surface area contributed by atoms with E-state index in [1.54, 1.807) is 39.0 Å². The normalized spacial score (nSPS) is 14.5. The Hall–Kier alpha value is -2.85. The average Bonchev–Trinajstić information content (AvgIpc) is 3.37. The maximum absolute atomic E-state index is 12.8. The zero-order valence-electron chi connectivity index (χ0n) is 18.0. The number of nitrogens with one attached hydrogen (secondary N) is 2. The molecule has 1 aliphatic rings. The van der Waals surface area contributed by atoms with E-state index in [4.69, 9.17) is 9.15 Å². The lowest BCUT2D eigenvalue weighted by atomic mass is 10.1. The lowest BCUT2D eigenvalue weighted by molar-refractivity contribution is 0.0600. The van der Waals surface area contributed by atoms with Gasteiger partial charge in [0, 0.05) is 18.6 Å². The van der Waals surface area contributed by atoms with E-state index in [1.807, 2.05) is 0 Å². The third-order valence-electron chi connectivity index (χ3n) is 4.62. The zero-order chi connectivity index (χ0) is 22.8. The Morgan fingerprint density at radius 1 is 1.10 bits per heavy atom. The van der Waals surface area contributed by atoms with Gasteiger partial charge in [-0.1, -0.05) is 0 Å². The number of carbonyl (C=O) groups is 2. The average molecular weight is 450 g/mol. The molecule has 2 heterocycles. The summed E-state index contributed by atoms with van der Waals surface area (Å²) >= 11 is 0. The van der Waals surface area contributed by atoms with Crippen LogP contribution in [-0.4, -0.2) is 46.0 Å². The second-order valence-corrected chi connectivity index (χ2v) is 9.96. The lowest BCUT2D eigenvalue weighted by Gasteiger charge is -2.22. The molecule has 0 spiro atoms. The highest BCUT2D eigenvalue weighted by molar-refractivity contribution is 7.89. The van der Waals surface area contributed by atoms with Crippen molar-refractivity contribution in [3.63, 3.8) is 0 Å². The van der Waals surface area contributed by atoms with Gasteiger partial charge in [0.1, 0.15) is 0 Å². The van der Waals surface area contributed by atoms with Crippen LogP contribution < -0.4 is 14.9 Å². The van der Waals surface area contributed by atoms with E-state index >= 15 is 0 Å². The van der Waals surface area contributed by atoms with Gasteiger partial charge in [-0.05, 0) is 63.9 Å². The minimum Gasteiger partial charge on any atom is -0.465 e. The van der Waals surface area contributed by atoms with Gasteiger partial charge in [0.05, 0.1) is 24.0 Å². The third-order valence-corrected chi connectivity index (χ3v) is 6.25. The van der Waals surface area contributed by atoms with Gasteiger partial charge in [-0.15, -0.1) is 0 Å². The Labute approximate surface area is 181 Å². The van der Waals surface area contributed by atoms with Crippen molar-refractivity contribution in [2.24, 2.45) is 0 Å². The minimum atomic E-state index is -3.91. The van der Waals surface area contributed by atoms with E-state index < -0.39 is 27.4 Å². The number of furan rings is 1. The summed E-state index contributed by atoms with van der Waals surface area (Å²) in [7, 11) is -2.63. The first kappa shape index (κ1) is 22.8. The Kier molecular flexibility index (Phi) is 6.42. The number of rotatable bonds is 6. The maximum Gasteiger partial charge on any atom is 0.337 e. The summed E-state index contributed by atoms with van der Waals surface area (Å²) in [6.07, 6.45) is 2.07. The van der Waals surface area contributed by atoms with E-state index in [0.717, 1.165) is 31.6 Å². The number of nitrogens with zero attached hydrogens (tertiary/aromatic N) is 1. The molecular formula is C21H27N3O6S. The van der Waals surface area contributed by atoms with Crippen molar-refractivity contribution >= 4 is 33.3 Å². The molecule has 2 aromatic rings. The predicted molar refractivity (Wildman–Crippen MR) is 116 cm³/mol. The number of esters is 1. The molecule has 1 amide bonds. The van der Waals surface area contributed by atoms with Crippen LogP contribution >= 0.6 is 0 Å². The summed E-state index contributed by atoms with van der Waals surface area (Å²) in [5.41, 5.74) is 0.779. The van der Waals surface area contributed by atoms with E-state index in [9.17, 15) is 18.0 Å². The molecule has 168 valence electrons. The van der Waals surface area contributed by atoms with Crippen LogP contribution in [0.1, 0.15) is 54.5 Å². The first-order valence-corrected chi connectivity index (χ1v) is 11.4. The van der Waals surface area contributed by atoms with Gasteiger partial charge >= 0.3 is 5.97 Å². The first-order valence-electron chi connectivity index (χ1n) is 9.93. The van der Waals surface area contributed by atoms with Crippen molar-refractivity contribution in [1.29, 1.82) is 0 Å². The Balaban J connectivity index is 1.87. The molecule has 0 unspecified atom stereocenters. The van der Waals surface area contributed by atoms with Gasteiger partial charge in [0.2, 0.25) is 5.09 Å². The smallest absolute Gasteiger partial charge is 0.337 e.